The summed E-state index contributed by atoms with van der Waals surface area (Å²) in [5.74, 6) is -0.335. The van der Waals surface area contributed by atoms with Gasteiger partial charge in [-0.25, -0.2) is 4.79 Å². The fraction of sp³-hybridized carbons (Fsp3) is 0.533. The average Bonchev–Trinajstić information content (AvgIpc) is 2.46. The maximum atomic E-state index is 10.9. The lowest BCUT2D eigenvalue weighted by molar-refractivity contribution is 0.0390. The van der Waals surface area contributed by atoms with Gasteiger partial charge in [-0.1, -0.05) is 13.3 Å². The molecule has 1 rings (SSSR count). The summed E-state index contributed by atoms with van der Waals surface area (Å²) in [4.78, 5) is 10.9. The van der Waals surface area contributed by atoms with E-state index in [4.69, 9.17) is 19.3 Å². The highest BCUT2D eigenvalue weighted by Gasteiger charge is 2.09. The van der Waals surface area contributed by atoms with E-state index < -0.39 is 5.97 Å². The molecule has 0 heterocycles. The molecule has 5 nitrogen and oxygen atoms in total. The molecule has 0 saturated carbocycles. The van der Waals surface area contributed by atoms with Crippen molar-refractivity contribution in [2.24, 2.45) is 0 Å². The third-order valence-electron chi connectivity index (χ3n) is 2.80. The molecule has 0 amide bonds. The molecule has 0 unspecified atom stereocenters. The standard InChI is InChI=1S/C15H22O5/c1-3-4-7-19-8-9-20-11-13-10-12(15(16)17)5-6-14(13)18-2/h5-6,10H,3-4,7-9,11H2,1-2H3,(H,16,17). The van der Waals surface area contributed by atoms with E-state index in [1.165, 1.54) is 6.07 Å². The molecule has 1 aromatic carbocycles. The monoisotopic (exact) mass is 282 g/mol. The number of benzene rings is 1. The molecular formula is C15H22O5. The maximum absolute atomic E-state index is 10.9. The van der Waals surface area contributed by atoms with Crippen molar-refractivity contribution in [3.8, 4) is 5.75 Å². The van der Waals surface area contributed by atoms with Gasteiger partial charge in [0.25, 0.3) is 0 Å². The Morgan fingerprint density at radius 1 is 1.20 bits per heavy atom. The van der Waals surface area contributed by atoms with Gasteiger partial charge in [-0.15, -0.1) is 0 Å². The lowest BCUT2D eigenvalue weighted by Gasteiger charge is -2.10. The highest BCUT2D eigenvalue weighted by molar-refractivity contribution is 5.88. The molecule has 0 aliphatic heterocycles. The van der Waals surface area contributed by atoms with E-state index in [2.05, 4.69) is 6.92 Å². The maximum Gasteiger partial charge on any atom is 0.335 e. The minimum Gasteiger partial charge on any atom is -0.496 e. The van der Waals surface area contributed by atoms with Gasteiger partial charge >= 0.3 is 5.97 Å². The molecule has 5 heteroatoms. The van der Waals surface area contributed by atoms with E-state index in [1.807, 2.05) is 0 Å². The van der Waals surface area contributed by atoms with Crippen LogP contribution in [-0.4, -0.2) is 38.0 Å². The lowest BCUT2D eigenvalue weighted by atomic mass is 10.1. The molecule has 0 radical (unpaired) electrons. The topological polar surface area (TPSA) is 65.0 Å². The highest BCUT2D eigenvalue weighted by Crippen LogP contribution is 2.20. The Kier molecular flexibility index (Phi) is 7.69. The molecule has 0 fully saturated rings. The minimum atomic E-state index is -0.961. The van der Waals surface area contributed by atoms with Crippen LogP contribution in [0.15, 0.2) is 18.2 Å². The van der Waals surface area contributed by atoms with Crippen LogP contribution in [0, 0.1) is 0 Å². The molecule has 0 spiro atoms. The highest BCUT2D eigenvalue weighted by atomic mass is 16.5. The smallest absolute Gasteiger partial charge is 0.335 e. The third kappa shape index (κ3) is 5.59. The fourth-order valence-corrected chi connectivity index (χ4v) is 1.67. The quantitative estimate of drug-likeness (QED) is 0.668. The minimum absolute atomic E-state index is 0.226. The first-order chi connectivity index (χ1) is 9.69. The number of hydrogen-bond acceptors (Lipinski definition) is 4. The van der Waals surface area contributed by atoms with E-state index in [1.54, 1.807) is 19.2 Å². The van der Waals surface area contributed by atoms with Gasteiger partial charge in [0.2, 0.25) is 0 Å². The number of methoxy groups -OCH3 is 1. The van der Waals surface area contributed by atoms with Crippen molar-refractivity contribution in [1.29, 1.82) is 0 Å². The zero-order valence-corrected chi connectivity index (χ0v) is 12.1. The van der Waals surface area contributed by atoms with E-state index in [-0.39, 0.29) is 5.56 Å². The summed E-state index contributed by atoms with van der Waals surface area (Å²) in [5.41, 5.74) is 0.949. The molecule has 0 aromatic heterocycles. The van der Waals surface area contributed by atoms with Crippen LogP contribution in [0.5, 0.6) is 5.75 Å². The number of carbonyl (C=O) groups is 1. The van der Waals surface area contributed by atoms with Crippen LogP contribution in [0.1, 0.15) is 35.7 Å². The SMILES string of the molecule is CCCCOCCOCc1cc(C(=O)O)ccc1OC. The Morgan fingerprint density at radius 2 is 1.95 bits per heavy atom. The van der Waals surface area contributed by atoms with E-state index >= 15 is 0 Å². The van der Waals surface area contributed by atoms with Crippen LogP contribution in [0.25, 0.3) is 0 Å². The van der Waals surface area contributed by atoms with Crippen LogP contribution in [-0.2, 0) is 16.1 Å². The molecule has 0 saturated heterocycles. The molecular weight excluding hydrogens is 260 g/mol. The molecule has 0 bridgehead atoms. The van der Waals surface area contributed by atoms with Gasteiger partial charge in [0, 0.05) is 12.2 Å². The third-order valence-corrected chi connectivity index (χ3v) is 2.80. The van der Waals surface area contributed by atoms with Crippen molar-refractivity contribution in [1.82, 2.24) is 0 Å². The van der Waals surface area contributed by atoms with Crippen LogP contribution in [0.2, 0.25) is 0 Å². The number of ether oxygens (including phenoxy) is 3. The van der Waals surface area contributed by atoms with Gasteiger partial charge in [0.05, 0.1) is 32.5 Å². The first kappa shape index (κ1) is 16.5. The zero-order chi connectivity index (χ0) is 14.8. The van der Waals surface area contributed by atoms with Gasteiger partial charge < -0.3 is 19.3 Å². The molecule has 0 atom stereocenters. The largest absolute Gasteiger partial charge is 0.496 e. The Bertz CT molecular complexity index is 417. The molecule has 1 aromatic rings. The summed E-state index contributed by atoms with van der Waals surface area (Å²) in [6.07, 6.45) is 2.16. The van der Waals surface area contributed by atoms with Crippen LogP contribution in [0.4, 0.5) is 0 Å². The van der Waals surface area contributed by atoms with E-state index in [9.17, 15) is 4.79 Å². The Hall–Kier alpha value is -1.59. The van der Waals surface area contributed by atoms with Crippen molar-refractivity contribution in [2.75, 3.05) is 26.9 Å². The Morgan fingerprint density at radius 3 is 2.60 bits per heavy atom. The summed E-state index contributed by atoms with van der Waals surface area (Å²) in [6.45, 7) is 4.19. The second kappa shape index (κ2) is 9.34. The Balaban J connectivity index is 2.41. The van der Waals surface area contributed by atoms with Gasteiger partial charge in [-0.05, 0) is 24.6 Å². The number of carboxylic acids is 1. The van der Waals surface area contributed by atoms with Crippen LogP contribution >= 0.6 is 0 Å². The number of carboxylic acid groups (broad SMARTS) is 1. The summed E-state index contributed by atoms with van der Waals surface area (Å²) < 4.78 is 16.0. The van der Waals surface area contributed by atoms with Gasteiger partial charge in [0.15, 0.2) is 0 Å². The molecule has 0 aliphatic carbocycles. The molecule has 20 heavy (non-hydrogen) atoms. The fourth-order valence-electron chi connectivity index (χ4n) is 1.67. The van der Waals surface area contributed by atoms with Gasteiger partial charge in [0.1, 0.15) is 5.75 Å². The predicted molar refractivity (Wildman–Crippen MR) is 75.3 cm³/mol. The second-order valence-corrected chi connectivity index (χ2v) is 4.35. The van der Waals surface area contributed by atoms with Crippen molar-refractivity contribution in [3.63, 3.8) is 0 Å². The number of rotatable bonds is 10. The number of aromatic carboxylic acids is 1. The predicted octanol–water partition coefficient (Wildman–Crippen LogP) is 2.73. The molecule has 1 N–H and O–H groups in total. The Labute approximate surface area is 119 Å². The van der Waals surface area contributed by atoms with Crippen molar-refractivity contribution in [2.45, 2.75) is 26.4 Å². The number of hydrogen-bond donors (Lipinski definition) is 1. The van der Waals surface area contributed by atoms with Crippen LogP contribution in [0.3, 0.4) is 0 Å². The second-order valence-electron chi connectivity index (χ2n) is 4.35. The molecule has 0 aliphatic rings. The average molecular weight is 282 g/mol. The van der Waals surface area contributed by atoms with Crippen molar-refractivity contribution < 1.29 is 24.1 Å². The van der Waals surface area contributed by atoms with Crippen molar-refractivity contribution >= 4 is 5.97 Å². The summed E-state index contributed by atoms with van der Waals surface area (Å²) >= 11 is 0. The summed E-state index contributed by atoms with van der Waals surface area (Å²) in [6, 6.07) is 4.72. The first-order valence-electron chi connectivity index (χ1n) is 6.74. The van der Waals surface area contributed by atoms with Crippen LogP contribution < -0.4 is 4.74 Å². The lowest BCUT2D eigenvalue weighted by Crippen LogP contribution is -2.06. The summed E-state index contributed by atoms with van der Waals surface area (Å²) in [7, 11) is 1.55. The zero-order valence-electron chi connectivity index (χ0n) is 12.1. The van der Waals surface area contributed by atoms with E-state index in [0.29, 0.717) is 25.6 Å². The van der Waals surface area contributed by atoms with E-state index in [0.717, 1.165) is 25.0 Å². The number of unbranched alkanes of at least 4 members (excludes halogenated alkanes) is 1. The van der Waals surface area contributed by atoms with Gasteiger partial charge in [-0.2, -0.15) is 0 Å². The van der Waals surface area contributed by atoms with Crippen molar-refractivity contribution in [3.05, 3.63) is 29.3 Å². The molecule has 112 valence electrons. The first-order valence-corrected chi connectivity index (χ1v) is 6.74. The van der Waals surface area contributed by atoms with Gasteiger partial charge in [-0.3, -0.25) is 0 Å². The normalized spacial score (nSPS) is 10.5. The summed E-state index contributed by atoms with van der Waals surface area (Å²) in [5, 5.41) is 8.96.